The molecule has 1 amide bonds. The van der Waals surface area contributed by atoms with Crippen molar-refractivity contribution in [3.05, 3.63) is 23.5 Å². The molecule has 1 aliphatic carbocycles. The van der Waals surface area contributed by atoms with E-state index in [-0.39, 0.29) is 36.0 Å². The van der Waals surface area contributed by atoms with E-state index in [1.807, 2.05) is 20.0 Å². The monoisotopic (exact) mass is 650 g/mol. The van der Waals surface area contributed by atoms with Crippen LogP contribution in [0.25, 0.3) is 0 Å². The number of aromatic nitrogens is 2. The molecule has 2 saturated heterocycles. The Hall–Kier alpha value is -2.89. The molecule has 4 rings (SSSR count). The normalized spacial score (nSPS) is 19.1. The van der Waals surface area contributed by atoms with Crippen LogP contribution in [0, 0.1) is 5.92 Å². The quantitative estimate of drug-likeness (QED) is 0.106. The zero-order valence-electron chi connectivity index (χ0n) is 28.5. The maximum Gasteiger partial charge on any atom is 0.421 e. The van der Waals surface area contributed by atoms with Crippen LogP contribution in [0.2, 0.25) is 0 Å². The van der Waals surface area contributed by atoms with Gasteiger partial charge in [0.15, 0.2) is 0 Å². The van der Waals surface area contributed by atoms with Gasteiger partial charge in [-0.15, -0.1) is 0 Å². The number of piperidine rings is 1. The number of anilines is 1. The Bertz CT molecular complexity index is 1120. The predicted octanol–water partition coefficient (Wildman–Crippen LogP) is 7.03. The van der Waals surface area contributed by atoms with E-state index < -0.39 is 11.7 Å². The van der Waals surface area contributed by atoms with Crippen LogP contribution >= 0.6 is 0 Å². The number of carbonyl (C=O) groups is 1. The molecule has 0 atom stereocenters. The van der Waals surface area contributed by atoms with E-state index >= 15 is 0 Å². The summed E-state index contributed by atoms with van der Waals surface area (Å²) in [5, 5.41) is 6.38. The third kappa shape index (κ3) is 11.7. The van der Waals surface area contributed by atoms with E-state index in [0.29, 0.717) is 38.0 Å². The zero-order chi connectivity index (χ0) is 33.5. The average Bonchev–Trinajstić information content (AvgIpc) is 3.89. The number of amides is 1. The van der Waals surface area contributed by atoms with E-state index in [0.717, 1.165) is 69.8 Å². The highest BCUT2D eigenvalue weighted by molar-refractivity contribution is 5.99. The molecule has 4 N–H and O–H groups in total. The van der Waals surface area contributed by atoms with E-state index in [9.17, 15) is 18.0 Å². The Morgan fingerprint density at radius 3 is 2.41 bits per heavy atom. The lowest BCUT2D eigenvalue weighted by Crippen LogP contribution is -2.45. The van der Waals surface area contributed by atoms with Gasteiger partial charge in [-0.3, -0.25) is 4.79 Å². The number of halogens is 3. The highest BCUT2D eigenvalue weighted by atomic mass is 19.4. The number of carbonyl (C=O) groups excluding carboxylic acids is 1. The zero-order valence-corrected chi connectivity index (χ0v) is 28.5. The predicted molar refractivity (Wildman–Crippen MR) is 180 cm³/mol. The summed E-state index contributed by atoms with van der Waals surface area (Å²) in [6.07, 6.45) is 11.0. The molecule has 3 fully saturated rings. The van der Waals surface area contributed by atoms with Crippen molar-refractivity contribution in [1.82, 2.24) is 25.1 Å². The second-order valence-electron chi connectivity index (χ2n) is 12.5. The summed E-state index contributed by atoms with van der Waals surface area (Å²) < 4.78 is 41.2. The van der Waals surface area contributed by atoms with E-state index in [4.69, 9.17) is 5.73 Å². The Morgan fingerprint density at radius 1 is 1.09 bits per heavy atom. The Kier molecular flexibility index (Phi) is 15.6. The third-order valence-corrected chi connectivity index (χ3v) is 8.95. The molecular weight excluding hydrogens is 593 g/mol. The van der Waals surface area contributed by atoms with Gasteiger partial charge in [-0.2, -0.15) is 23.1 Å². The fraction of sp³-hybridized carbons (Fsp3) is 0.765. The smallest absolute Gasteiger partial charge is 0.388 e. The molecule has 2 aliphatic heterocycles. The SMILES string of the molecule is CC.CCCC(CCC)N1CCC(N/C=C(\C(N)=N\c2ncc(C(F)(F)F)c(NCCCN3CCCCCC3=O)n2)C2CC2)CC1. The van der Waals surface area contributed by atoms with Crippen molar-refractivity contribution < 1.29 is 18.0 Å². The number of amidine groups is 1. The molecule has 0 bridgehead atoms. The number of rotatable bonds is 15. The van der Waals surface area contributed by atoms with Crippen LogP contribution < -0.4 is 16.4 Å². The molecule has 1 aromatic rings. The minimum atomic E-state index is -4.62. The summed E-state index contributed by atoms with van der Waals surface area (Å²) in [5.74, 6) is 0.179. The average molecular weight is 651 g/mol. The molecule has 260 valence electrons. The topological polar surface area (TPSA) is 112 Å². The minimum absolute atomic E-state index is 0.111. The minimum Gasteiger partial charge on any atom is -0.388 e. The van der Waals surface area contributed by atoms with Crippen molar-refractivity contribution in [2.24, 2.45) is 16.6 Å². The lowest BCUT2D eigenvalue weighted by molar-refractivity contribution is -0.137. The lowest BCUT2D eigenvalue weighted by Gasteiger charge is -2.38. The van der Waals surface area contributed by atoms with Gasteiger partial charge in [-0.1, -0.05) is 47.0 Å². The van der Waals surface area contributed by atoms with Gasteiger partial charge >= 0.3 is 6.18 Å². The highest BCUT2D eigenvalue weighted by Crippen LogP contribution is 2.37. The maximum atomic E-state index is 13.7. The first kappa shape index (κ1) is 37.6. The number of nitrogens with zero attached hydrogens (tertiary/aromatic N) is 5. The van der Waals surface area contributed by atoms with Gasteiger partial charge in [0.2, 0.25) is 5.91 Å². The van der Waals surface area contributed by atoms with Gasteiger partial charge in [-0.05, 0) is 63.7 Å². The van der Waals surface area contributed by atoms with Crippen LogP contribution in [0.15, 0.2) is 23.0 Å². The first-order chi connectivity index (χ1) is 22.2. The summed E-state index contributed by atoms with van der Waals surface area (Å²) >= 11 is 0. The number of likely N-dealkylation sites (tertiary alicyclic amines) is 2. The van der Waals surface area contributed by atoms with Gasteiger partial charge in [0.05, 0.1) is 0 Å². The van der Waals surface area contributed by atoms with Crippen LogP contribution in [0.1, 0.15) is 117 Å². The molecule has 0 spiro atoms. The molecule has 3 aliphatic rings. The number of alkyl halides is 3. The fourth-order valence-corrected chi connectivity index (χ4v) is 6.30. The Balaban J connectivity index is 0.00000282. The van der Waals surface area contributed by atoms with Crippen molar-refractivity contribution in [2.75, 3.05) is 38.0 Å². The van der Waals surface area contributed by atoms with Crippen LogP contribution in [0.5, 0.6) is 0 Å². The molecule has 1 aromatic heterocycles. The first-order valence-electron chi connectivity index (χ1n) is 17.7. The molecule has 9 nitrogen and oxygen atoms in total. The van der Waals surface area contributed by atoms with Crippen LogP contribution in [0.3, 0.4) is 0 Å². The standard InChI is InChI=1S/C32H51F3N8O.C2H6/c1-3-9-25(10-4-2)42-19-14-24(15-20-42)38-21-26(23-12-13-23)29(36)40-31-39-22-27(32(33,34)35)30(41-31)37-16-8-18-43-17-7-5-6-11-28(43)44;1-2/h21-25,38H,3-20H2,1-2H3,(H3,36,37,39,40,41);1-2H3/b26-21-;. The Labute approximate surface area is 274 Å². The van der Waals surface area contributed by atoms with Crippen LogP contribution in [0.4, 0.5) is 24.9 Å². The molecule has 12 heteroatoms. The number of hydrogen-bond donors (Lipinski definition) is 3. The van der Waals surface area contributed by atoms with Crippen molar-refractivity contribution in [2.45, 2.75) is 129 Å². The summed E-state index contributed by atoms with van der Waals surface area (Å²) in [4.78, 5) is 29.0. The Morgan fingerprint density at radius 2 is 1.78 bits per heavy atom. The largest absolute Gasteiger partial charge is 0.421 e. The van der Waals surface area contributed by atoms with Gasteiger partial charge in [0.25, 0.3) is 5.95 Å². The molecule has 46 heavy (non-hydrogen) atoms. The van der Waals surface area contributed by atoms with Gasteiger partial charge in [0.1, 0.15) is 17.2 Å². The van der Waals surface area contributed by atoms with Gasteiger partial charge in [-0.25, -0.2) is 4.98 Å². The molecule has 3 heterocycles. The summed E-state index contributed by atoms with van der Waals surface area (Å²) in [6.45, 7) is 12.1. The van der Waals surface area contributed by atoms with Crippen LogP contribution in [-0.2, 0) is 11.0 Å². The van der Waals surface area contributed by atoms with Crippen molar-refractivity contribution >= 4 is 23.5 Å². The van der Waals surface area contributed by atoms with Crippen molar-refractivity contribution in [3.63, 3.8) is 0 Å². The van der Waals surface area contributed by atoms with Crippen LogP contribution in [-0.4, -0.2) is 76.3 Å². The molecule has 0 aromatic carbocycles. The van der Waals surface area contributed by atoms with E-state index in [1.165, 1.54) is 25.7 Å². The number of nitrogens with one attached hydrogen (secondary N) is 2. The molecule has 1 saturated carbocycles. The van der Waals surface area contributed by atoms with Gasteiger partial charge < -0.3 is 26.2 Å². The second kappa shape index (κ2) is 19.1. The summed E-state index contributed by atoms with van der Waals surface area (Å²) in [6, 6.07) is 1.01. The summed E-state index contributed by atoms with van der Waals surface area (Å²) in [5.41, 5.74) is 6.32. The molecular formula is C34H57F3N8O. The molecule has 0 radical (unpaired) electrons. The fourth-order valence-electron chi connectivity index (χ4n) is 6.30. The highest BCUT2D eigenvalue weighted by Gasteiger charge is 2.35. The number of hydrogen-bond acceptors (Lipinski definition) is 7. The van der Waals surface area contributed by atoms with E-state index in [1.54, 1.807) is 4.90 Å². The number of nitrogens with two attached hydrogens (primary N) is 1. The maximum absolute atomic E-state index is 13.7. The summed E-state index contributed by atoms with van der Waals surface area (Å²) in [7, 11) is 0. The third-order valence-electron chi connectivity index (χ3n) is 8.95. The van der Waals surface area contributed by atoms with E-state index in [2.05, 4.69) is 44.3 Å². The van der Waals surface area contributed by atoms with Crippen molar-refractivity contribution in [1.29, 1.82) is 0 Å². The van der Waals surface area contributed by atoms with Crippen molar-refractivity contribution in [3.8, 4) is 0 Å². The lowest BCUT2D eigenvalue weighted by atomic mass is 9.98. The van der Waals surface area contributed by atoms with Gasteiger partial charge in [0, 0.05) is 69.2 Å². The second-order valence-corrected chi connectivity index (χ2v) is 12.5. The first-order valence-corrected chi connectivity index (χ1v) is 17.7. The molecule has 0 unspecified atom stereocenters. The number of aliphatic imine (C=N–C) groups is 1.